The molecular formula is C14H13N3O6S. The van der Waals surface area contributed by atoms with Gasteiger partial charge in [-0.15, -0.1) is 11.3 Å². The zero-order valence-corrected chi connectivity index (χ0v) is 13.5. The topological polar surface area (TPSA) is 128 Å². The lowest BCUT2D eigenvalue weighted by molar-refractivity contribution is -0.384. The van der Waals surface area contributed by atoms with Gasteiger partial charge in [0, 0.05) is 29.3 Å². The van der Waals surface area contributed by atoms with Crippen molar-refractivity contribution in [2.45, 2.75) is 13.0 Å². The number of hydrogen-bond donors (Lipinski definition) is 2. The number of nitrogens with one attached hydrogen (secondary N) is 2. The van der Waals surface area contributed by atoms with E-state index in [2.05, 4.69) is 5.32 Å². The molecule has 10 heteroatoms. The van der Waals surface area contributed by atoms with Gasteiger partial charge in [-0.05, 0) is 19.1 Å². The molecule has 24 heavy (non-hydrogen) atoms. The van der Waals surface area contributed by atoms with Gasteiger partial charge in [-0.1, -0.05) is 0 Å². The zero-order chi connectivity index (χ0) is 17.9. The van der Waals surface area contributed by atoms with Crippen molar-refractivity contribution in [3.05, 3.63) is 39.3 Å². The molecule has 0 aliphatic carbocycles. The monoisotopic (exact) mass is 351 g/mol. The van der Waals surface area contributed by atoms with Crippen LogP contribution in [0.2, 0.25) is 0 Å². The van der Waals surface area contributed by atoms with E-state index < -0.39 is 28.9 Å². The molecule has 126 valence electrons. The maximum Gasteiger partial charge on any atom is 0.349 e. The first kappa shape index (κ1) is 17.3. The Morgan fingerprint density at radius 1 is 1.29 bits per heavy atom. The van der Waals surface area contributed by atoms with Crippen LogP contribution in [0.3, 0.4) is 0 Å². The quantitative estimate of drug-likeness (QED) is 0.491. The number of esters is 1. The second-order valence-corrected chi connectivity index (χ2v) is 5.79. The molecule has 0 aliphatic rings. The van der Waals surface area contributed by atoms with E-state index >= 15 is 0 Å². The summed E-state index contributed by atoms with van der Waals surface area (Å²) in [6.45, 7) is 1.33. The van der Waals surface area contributed by atoms with E-state index in [1.807, 2.05) is 5.32 Å². The Kier molecular flexibility index (Phi) is 5.09. The highest BCUT2D eigenvalue weighted by Crippen LogP contribution is 2.29. The maximum atomic E-state index is 12.1. The van der Waals surface area contributed by atoms with Gasteiger partial charge >= 0.3 is 12.0 Å². The van der Waals surface area contributed by atoms with Crippen LogP contribution in [0.5, 0.6) is 0 Å². The first-order valence-electron chi connectivity index (χ1n) is 6.73. The number of nitro benzene ring substituents is 1. The summed E-state index contributed by atoms with van der Waals surface area (Å²) < 4.78 is 5.67. The summed E-state index contributed by atoms with van der Waals surface area (Å²) in [6, 6.07) is 4.98. The molecule has 0 unspecified atom stereocenters. The van der Waals surface area contributed by atoms with E-state index in [-0.39, 0.29) is 10.6 Å². The molecule has 0 saturated heterocycles. The van der Waals surface area contributed by atoms with E-state index in [1.165, 1.54) is 38.2 Å². The van der Waals surface area contributed by atoms with Gasteiger partial charge in [-0.25, -0.2) is 9.59 Å². The number of non-ortho nitro benzene ring substituents is 1. The average Bonchev–Trinajstić information content (AvgIpc) is 2.97. The fourth-order valence-electron chi connectivity index (χ4n) is 1.79. The molecule has 1 heterocycles. The molecule has 1 aromatic heterocycles. The third-order valence-electron chi connectivity index (χ3n) is 3.03. The zero-order valence-electron chi connectivity index (χ0n) is 12.7. The number of hydrogen-bond acceptors (Lipinski definition) is 7. The van der Waals surface area contributed by atoms with Crippen LogP contribution in [0.1, 0.15) is 16.6 Å². The molecule has 0 saturated carbocycles. The molecule has 2 N–H and O–H groups in total. The summed E-state index contributed by atoms with van der Waals surface area (Å²) in [6.07, 6.45) is -1.17. The lowest BCUT2D eigenvalue weighted by Gasteiger charge is -2.11. The summed E-state index contributed by atoms with van der Waals surface area (Å²) in [5, 5.41) is 15.5. The Hall–Kier alpha value is -3.01. The number of fused-ring (bicyclic) bond motifs is 1. The Labute approximate surface area is 139 Å². The van der Waals surface area contributed by atoms with Gasteiger partial charge in [0.2, 0.25) is 0 Å². The van der Waals surface area contributed by atoms with Crippen molar-refractivity contribution < 1.29 is 24.0 Å². The van der Waals surface area contributed by atoms with Gasteiger partial charge in [-0.2, -0.15) is 0 Å². The Bertz CT molecular complexity index is 831. The number of imide groups is 1. The maximum absolute atomic E-state index is 12.1. The lowest BCUT2D eigenvalue weighted by atomic mass is 10.2. The highest BCUT2D eigenvalue weighted by atomic mass is 32.1. The van der Waals surface area contributed by atoms with Gasteiger partial charge in [0.25, 0.3) is 11.6 Å². The minimum Gasteiger partial charge on any atom is -0.448 e. The van der Waals surface area contributed by atoms with Crippen molar-refractivity contribution in [1.29, 1.82) is 0 Å². The van der Waals surface area contributed by atoms with Crippen molar-refractivity contribution >= 4 is 45.0 Å². The number of nitrogens with zero attached hydrogens (tertiary/aromatic N) is 1. The molecule has 3 amide bonds. The number of nitro groups is 1. The summed E-state index contributed by atoms with van der Waals surface area (Å²) in [5.74, 6) is -1.52. The van der Waals surface area contributed by atoms with Crippen molar-refractivity contribution in [3.63, 3.8) is 0 Å². The molecule has 0 aliphatic heterocycles. The van der Waals surface area contributed by atoms with Gasteiger partial charge in [0.15, 0.2) is 6.10 Å². The van der Waals surface area contributed by atoms with E-state index in [1.54, 1.807) is 0 Å². The minimum atomic E-state index is -1.17. The van der Waals surface area contributed by atoms with Crippen LogP contribution >= 0.6 is 11.3 Å². The summed E-state index contributed by atoms with van der Waals surface area (Å²) in [7, 11) is 1.34. The van der Waals surface area contributed by atoms with Crippen LogP contribution in [0.15, 0.2) is 24.3 Å². The highest BCUT2D eigenvalue weighted by Gasteiger charge is 2.22. The normalized spacial score (nSPS) is 11.6. The molecule has 2 aromatic rings. The van der Waals surface area contributed by atoms with E-state index in [9.17, 15) is 24.5 Å². The van der Waals surface area contributed by atoms with E-state index in [0.717, 1.165) is 11.3 Å². The number of rotatable bonds is 4. The molecule has 0 fully saturated rings. The third-order valence-corrected chi connectivity index (χ3v) is 4.12. The van der Waals surface area contributed by atoms with Gasteiger partial charge < -0.3 is 10.1 Å². The van der Waals surface area contributed by atoms with Crippen LogP contribution in [0.25, 0.3) is 10.1 Å². The van der Waals surface area contributed by atoms with Crippen molar-refractivity contribution in [2.24, 2.45) is 0 Å². The van der Waals surface area contributed by atoms with Gasteiger partial charge in [0.1, 0.15) is 4.88 Å². The molecule has 1 atom stereocenters. The number of thiophene rings is 1. The number of benzene rings is 1. The predicted octanol–water partition coefficient (Wildman–Crippen LogP) is 1.81. The number of carbonyl (C=O) groups excluding carboxylic acids is 3. The summed E-state index contributed by atoms with van der Waals surface area (Å²) in [4.78, 5) is 45.2. The predicted molar refractivity (Wildman–Crippen MR) is 86.0 cm³/mol. The molecule has 0 spiro atoms. The Morgan fingerprint density at radius 2 is 2.00 bits per heavy atom. The molecule has 9 nitrogen and oxygen atoms in total. The largest absolute Gasteiger partial charge is 0.448 e. The highest BCUT2D eigenvalue weighted by molar-refractivity contribution is 7.20. The smallest absolute Gasteiger partial charge is 0.349 e. The van der Waals surface area contributed by atoms with Crippen molar-refractivity contribution in [1.82, 2.24) is 10.6 Å². The lowest BCUT2D eigenvalue weighted by Crippen LogP contribution is -2.43. The minimum absolute atomic E-state index is 0.0847. The second kappa shape index (κ2) is 7.04. The van der Waals surface area contributed by atoms with Crippen LogP contribution < -0.4 is 10.6 Å². The second-order valence-electron chi connectivity index (χ2n) is 4.71. The molecule has 0 radical (unpaired) electrons. The van der Waals surface area contributed by atoms with Crippen molar-refractivity contribution in [2.75, 3.05) is 7.05 Å². The summed E-state index contributed by atoms with van der Waals surface area (Å²) in [5.41, 5.74) is -0.0847. The standard InChI is InChI=1S/C14H13N3O6S/c1-7(12(18)16-14(20)15-2)23-13(19)11-6-8-5-9(17(21)22)3-4-10(8)24-11/h3-7H,1-2H3,(H2,15,16,18,20)/t7-/m0/s1. The summed E-state index contributed by atoms with van der Waals surface area (Å²) >= 11 is 1.09. The molecule has 0 bridgehead atoms. The first-order valence-corrected chi connectivity index (χ1v) is 7.55. The number of carbonyl (C=O) groups is 3. The Morgan fingerprint density at radius 3 is 2.62 bits per heavy atom. The molecular weight excluding hydrogens is 338 g/mol. The van der Waals surface area contributed by atoms with Crippen LogP contribution in [0, 0.1) is 10.1 Å². The van der Waals surface area contributed by atoms with E-state index in [0.29, 0.717) is 10.1 Å². The fourth-order valence-corrected chi connectivity index (χ4v) is 2.72. The first-order chi connectivity index (χ1) is 11.3. The number of urea groups is 1. The number of amides is 3. The molecule has 1 aromatic carbocycles. The van der Waals surface area contributed by atoms with Crippen LogP contribution in [-0.4, -0.2) is 36.0 Å². The van der Waals surface area contributed by atoms with Crippen molar-refractivity contribution in [3.8, 4) is 0 Å². The fraction of sp³-hybridized carbons (Fsp3) is 0.214. The van der Waals surface area contributed by atoms with Gasteiger partial charge in [0.05, 0.1) is 4.92 Å². The number of ether oxygens (including phenoxy) is 1. The molecule has 2 rings (SSSR count). The van der Waals surface area contributed by atoms with Crippen LogP contribution in [-0.2, 0) is 9.53 Å². The van der Waals surface area contributed by atoms with Gasteiger partial charge in [-0.3, -0.25) is 20.2 Å². The van der Waals surface area contributed by atoms with Crippen LogP contribution in [0.4, 0.5) is 10.5 Å². The Balaban J connectivity index is 2.12. The van der Waals surface area contributed by atoms with E-state index in [4.69, 9.17) is 4.74 Å². The third kappa shape index (κ3) is 3.84. The average molecular weight is 351 g/mol. The SMILES string of the molecule is CNC(=O)NC(=O)[C@H](C)OC(=O)c1cc2cc([N+](=O)[O-])ccc2s1.